The number of carboxylic acids is 1. The molecule has 1 fully saturated rings. The first-order chi connectivity index (χ1) is 13.0. The first-order valence-electron chi connectivity index (χ1n) is 7.43. The summed E-state index contributed by atoms with van der Waals surface area (Å²) in [5, 5.41) is 32.1. The molecule has 0 aromatic carbocycles. The van der Waals surface area contributed by atoms with Gasteiger partial charge in [0.05, 0.1) is 18.0 Å². The topological polar surface area (TPSA) is 152 Å². The summed E-state index contributed by atoms with van der Waals surface area (Å²) in [6.07, 6.45) is 2.72. The van der Waals surface area contributed by atoms with E-state index in [4.69, 9.17) is 5.26 Å². The van der Waals surface area contributed by atoms with Crippen LogP contribution in [0.2, 0.25) is 0 Å². The molecular weight excluding hydrogens is 412 g/mol. The Bertz CT molecular complexity index is 863. The van der Waals surface area contributed by atoms with Crippen LogP contribution in [0.1, 0.15) is 0 Å². The molecule has 1 unspecified atom stereocenters. The number of carbonyl (C=O) groups excluding carboxylic acids is 2. The summed E-state index contributed by atoms with van der Waals surface area (Å²) in [5.41, 5.74) is -0.0893. The van der Waals surface area contributed by atoms with Crippen LogP contribution in [0.25, 0.3) is 0 Å². The van der Waals surface area contributed by atoms with Gasteiger partial charge in [-0.3, -0.25) is 14.5 Å². The van der Waals surface area contributed by atoms with Gasteiger partial charge in [0.1, 0.15) is 22.1 Å². The summed E-state index contributed by atoms with van der Waals surface area (Å²) < 4.78 is 0. The number of amides is 2. The molecule has 3 heterocycles. The van der Waals surface area contributed by atoms with Gasteiger partial charge in [0.25, 0.3) is 5.91 Å². The molecule has 27 heavy (non-hydrogen) atoms. The highest BCUT2D eigenvalue weighted by Gasteiger charge is 2.54. The molecule has 1 aromatic rings. The van der Waals surface area contributed by atoms with Crippen LogP contribution < -0.4 is 5.32 Å². The van der Waals surface area contributed by atoms with Gasteiger partial charge < -0.3 is 10.4 Å². The second-order valence-corrected chi connectivity index (χ2v) is 8.30. The Morgan fingerprint density at radius 2 is 2.41 bits per heavy atom. The molecule has 0 radical (unpaired) electrons. The zero-order chi connectivity index (χ0) is 19.4. The molecular formula is C14H12N6O4S3. The van der Waals surface area contributed by atoms with Crippen LogP contribution >= 0.6 is 35.3 Å². The number of hydrogen-bond donors (Lipinski definition) is 3. The fourth-order valence-electron chi connectivity index (χ4n) is 2.45. The number of hydrogen-bond acceptors (Lipinski definition) is 9. The van der Waals surface area contributed by atoms with E-state index in [2.05, 4.69) is 20.7 Å². The number of nitrogens with one attached hydrogen (secondary N) is 2. The first-order valence-corrected chi connectivity index (χ1v) is 10.3. The van der Waals surface area contributed by atoms with E-state index in [0.717, 1.165) is 23.5 Å². The SMILES string of the molecule is N#CC=CSCC(=O)NC1C(=O)N2C(C(=O)O)=C(Sc3cn[nH]n3)CS[C@@H]12. The number of aromatic nitrogens is 3. The number of nitriles is 1. The van der Waals surface area contributed by atoms with E-state index >= 15 is 0 Å². The minimum Gasteiger partial charge on any atom is -0.477 e. The molecule has 0 saturated carbocycles. The maximum absolute atomic E-state index is 12.5. The van der Waals surface area contributed by atoms with Gasteiger partial charge in [-0.2, -0.15) is 15.6 Å². The Labute approximate surface area is 165 Å². The van der Waals surface area contributed by atoms with Gasteiger partial charge in [0.15, 0.2) is 0 Å². The lowest BCUT2D eigenvalue weighted by molar-refractivity contribution is -0.150. The normalized spacial score (nSPS) is 21.6. The fraction of sp³-hybridized carbons (Fsp3) is 0.286. The standard InChI is InChI=1S/C14H12N6O4S3/c15-2-1-3-25-6-8(21)17-10-12(22)20-11(14(23)24)7(5-26-13(10)20)27-9-4-16-19-18-9/h1,3-4,10,13H,5-6H2,(H,17,21)(H,23,24)(H,16,18,19)/t10?,13-/m0/s1. The van der Waals surface area contributed by atoms with Crippen LogP contribution in [0.4, 0.5) is 0 Å². The highest BCUT2D eigenvalue weighted by atomic mass is 32.2. The lowest BCUT2D eigenvalue weighted by Gasteiger charge is -2.49. The molecule has 3 rings (SSSR count). The number of H-pyrrole nitrogens is 1. The molecule has 1 aromatic heterocycles. The number of β-lactam (4-membered cyclic amide) rings is 1. The zero-order valence-corrected chi connectivity index (χ0v) is 15.9. The predicted octanol–water partition coefficient (Wildman–Crippen LogP) is 0.363. The van der Waals surface area contributed by atoms with Crippen molar-refractivity contribution in [3.05, 3.63) is 28.3 Å². The van der Waals surface area contributed by atoms with Crippen molar-refractivity contribution >= 4 is 53.1 Å². The summed E-state index contributed by atoms with van der Waals surface area (Å²) in [7, 11) is 0. The van der Waals surface area contributed by atoms with Gasteiger partial charge in [-0.25, -0.2) is 4.79 Å². The van der Waals surface area contributed by atoms with Crippen molar-refractivity contribution in [2.24, 2.45) is 0 Å². The molecule has 140 valence electrons. The third-order valence-electron chi connectivity index (χ3n) is 3.53. The number of carboxylic acid groups (broad SMARTS) is 1. The molecule has 3 N–H and O–H groups in total. The predicted molar refractivity (Wildman–Crippen MR) is 99.1 cm³/mol. The number of aromatic amines is 1. The smallest absolute Gasteiger partial charge is 0.353 e. The number of allylic oxidation sites excluding steroid dienone is 1. The van der Waals surface area contributed by atoms with E-state index in [-0.39, 0.29) is 17.4 Å². The van der Waals surface area contributed by atoms with E-state index in [9.17, 15) is 19.5 Å². The fourth-order valence-corrected chi connectivity index (χ4v) is 5.30. The van der Waals surface area contributed by atoms with Crippen LogP contribution in [0, 0.1) is 11.3 Å². The van der Waals surface area contributed by atoms with Gasteiger partial charge in [0.2, 0.25) is 5.91 Å². The molecule has 2 amide bonds. The maximum atomic E-state index is 12.5. The van der Waals surface area contributed by atoms with E-state index in [0.29, 0.717) is 15.7 Å². The Morgan fingerprint density at radius 1 is 1.59 bits per heavy atom. The summed E-state index contributed by atoms with van der Waals surface area (Å²) >= 11 is 3.64. The number of fused-ring (bicyclic) bond motifs is 1. The molecule has 2 aliphatic heterocycles. The third kappa shape index (κ3) is 4.12. The van der Waals surface area contributed by atoms with E-state index in [1.54, 1.807) is 0 Å². The number of thioether (sulfide) groups is 3. The molecule has 1 saturated heterocycles. The second kappa shape index (κ2) is 8.51. The van der Waals surface area contributed by atoms with Crippen LogP contribution in [-0.2, 0) is 14.4 Å². The average molecular weight is 424 g/mol. The van der Waals surface area contributed by atoms with Crippen molar-refractivity contribution < 1.29 is 19.5 Å². The van der Waals surface area contributed by atoms with Gasteiger partial charge in [-0.05, 0) is 5.41 Å². The minimum absolute atomic E-state index is 0.0637. The van der Waals surface area contributed by atoms with Crippen molar-refractivity contribution in [3.63, 3.8) is 0 Å². The highest BCUT2D eigenvalue weighted by Crippen LogP contribution is 2.44. The summed E-state index contributed by atoms with van der Waals surface area (Å²) in [4.78, 5) is 37.8. The van der Waals surface area contributed by atoms with Crippen LogP contribution in [-0.4, -0.2) is 66.1 Å². The molecule has 10 nitrogen and oxygen atoms in total. The molecule has 13 heteroatoms. The van der Waals surface area contributed by atoms with Gasteiger partial charge in [0, 0.05) is 16.7 Å². The Balaban J connectivity index is 1.68. The zero-order valence-electron chi connectivity index (χ0n) is 13.5. The van der Waals surface area contributed by atoms with Gasteiger partial charge in [-0.1, -0.05) is 11.8 Å². The number of aliphatic carboxylic acids is 1. The molecule has 2 aliphatic rings. The van der Waals surface area contributed by atoms with Crippen molar-refractivity contribution in [2.45, 2.75) is 16.4 Å². The monoisotopic (exact) mass is 424 g/mol. The number of rotatable bonds is 7. The van der Waals surface area contributed by atoms with Crippen LogP contribution in [0.15, 0.2) is 33.3 Å². The first kappa shape index (κ1) is 19.3. The Kier molecular flexibility index (Phi) is 6.09. The maximum Gasteiger partial charge on any atom is 0.353 e. The largest absolute Gasteiger partial charge is 0.477 e. The lowest BCUT2D eigenvalue weighted by atomic mass is 10.1. The minimum atomic E-state index is -1.21. The summed E-state index contributed by atoms with van der Waals surface area (Å²) in [6.45, 7) is 0. The summed E-state index contributed by atoms with van der Waals surface area (Å²) in [6, 6.07) is 1.05. The quantitative estimate of drug-likeness (QED) is 0.413. The third-order valence-corrected chi connectivity index (χ3v) is 6.74. The molecule has 2 atom stereocenters. The summed E-state index contributed by atoms with van der Waals surface area (Å²) in [5.74, 6) is -1.59. The van der Waals surface area contributed by atoms with Gasteiger partial charge in [-0.15, -0.1) is 28.6 Å². The van der Waals surface area contributed by atoms with Crippen molar-refractivity contribution in [3.8, 4) is 6.07 Å². The van der Waals surface area contributed by atoms with Crippen molar-refractivity contribution in [2.75, 3.05) is 11.5 Å². The number of nitrogens with zero attached hydrogens (tertiary/aromatic N) is 4. The van der Waals surface area contributed by atoms with Crippen LogP contribution in [0.5, 0.6) is 0 Å². The van der Waals surface area contributed by atoms with Crippen molar-refractivity contribution in [1.29, 1.82) is 5.26 Å². The van der Waals surface area contributed by atoms with E-state index in [1.807, 2.05) is 6.07 Å². The Morgan fingerprint density at radius 3 is 3.07 bits per heavy atom. The van der Waals surface area contributed by atoms with Crippen molar-refractivity contribution in [1.82, 2.24) is 25.6 Å². The van der Waals surface area contributed by atoms with Crippen LogP contribution in [0.3, 0.4) is 0 Å². The molecule has 0 bridgehead atoms. The Hall–Kier alpha value is -2.43. The molecule has 0 aliphatic carbocycles. The highest BCUT2D eigenvalue weighted by molar-refractivity contribution is 8.06. The number of carbonyl (C=O) groups is 3. The average Bonchev–Trinajstić information content (AvgIpc) is 3.15. The van der Waals surface area contributed by atoms with E-state index < -0.39 is 23.3 Å². The van der Waals surface area contributed by atoms with Gasteiger partial charge >= 0.3 is 5.97 Å². The molecule has 0 spiro atoms. The lowest BCUT2D eigenvalue weighted by Crippen LogP contribution is -2.70. The van der Waals surface area contributed by atoms with E-state index in [1.165, 1.54) is 34.3 Å². The second-order valence-electron chi connectivity index (χ2n) is 5.19.